The van der Waals surface area contributed by atoms with E-state index in [0.717, 1.165) is 58.5 Å². The van der Waals surface area contributed by atoms with Crippen LogP contribution >= 0.6 is 0 Å². The summed E-state index contributed by atoms with van der Waals surface area (Å²) in [5, 5.41) is 8.41. The molecule has 194 valence electrons. The van der Waals surface area contributed by atoms with Gasteiger partial charge in [0.25, 0.3) is 0 Å². The molecule has 38 heavy (non-hydrogen) atoms. The van der Waals surface area contributed by atoms with Crippen LogP contribution in [0.4, 0.5) is 0 Å². The number of hydrogen-bond acceptors (Lipinski definition) is 5. The summed E-state index contributed by atoms with van der Waals surface area (Å²) in [4.78, 5) is 13.6. The first kappa shape index (κ1) is 24.4. The molecule has 1 fully saturated rings. The topological polar surface area (TPSA) is 65.4 Å². The molecule has 0 radical (unpaired) electrons. The molecule has 0 bridgehead atoms. The van der Waals surface area contributed by atoms with Crippen molar-refractivity contribution in [2.75, 3.05) is 13.3 Å². The zero-order valence-corrected chi connectivity index (χ0v) is 21.9. The quantitative estimate of drug-likeness (QED) is 0.267. The van der Waals surface area contributed by atoms with Crippen LogP contribution in [-0.2, 0) is 12.8 Å². The first-order chi connectivity index (χ1) is 18.6. The van der Waals surface area contributed by atoms with E-state index < -0.39 is 0 Å². The first-order valence-corrected chi connectivity index (χ1v) is 13.5. The maximum Gasteiger partial charge on any atom is 0.231 e. The summed E-state index contributed by atoms with van der Waals surface area (Å²) in [6, 6.07) is 24.4. The third-order valence-corrected chi connectivity index (χ3v) is 7.38. The maximum absolute atomic E-state index is 13.6. The maximum atomic E-state index is 13.6. The van der Waals surface area contributed by atoms with Gasteiger partial charge >= 0.3 is 0 Å². The number of aromatic nitrogens is 2. The Morgan fingerprint density at radius 2 is 1.84 bits per heavy atom. The second-order valence-corrected chi connectivity index (χ2v) is 10.3. The minimum absolute atomic E-state index is 0.0458. The summed E-state index contributed by atoms with van der Waals surface area (Å²) < 4.78 is 13.3. The van der Waals surface area contributed by atoms with Crippen LogP contribution in [0.25, 0.3) is 5.69 Å². The lowest BCUT2D eigenvalue weighted by atomic mass is 9.94. The molecule has 0 amide bonds. The predicted molar refractivity (Wildman–Crippen MR) is 147 cm³/mol. The molecule has 4 aromatic rings. The van der Waals surface area contributed by atoms with Gasteiger partial charge in [-0.3, -0.25) is 4.79 Å². The molecule has 1 aromatic heterocycles. The number of fused-ring (bicyclic) bond motifs is 1. The van der Waals surface area contributed by atoms with Gasteiger partial charge in [0, 0.05) is 12.0 Å². The van der Waals surface area contributed by atoms with Crippen molar-refractivity contribution in [3.8, 4) is 17.2 Å². The average molecular weight is 508 g/mol. The molecule has 1 saturated carbocycles. The van der Waals surface area contributed by atoms with E-state index in [0.29, 0.717) is 12.1 Å². The Bertz CT molecular complexity index is 1470. The molecule has 1 atom stereocenters. The van der Waals surface area contributed by atoms with Crippen LogP contribution in [-0.4, -0.2) is 28.9 Å². The minimum atomic E-state index is -0.0492. The van der Waals surface area contributed by atoms with E-state index in [2.05, 4.69) is 47.7 Å². The zero-order chi connectivity index (χ0) is 26.1. The van der Waals surface area contributed by atoms with E-state index in [1.165, 1.54) is 18.4 Å². The molecule has 1 unspecified atom stereocenters. The fourth-order valence-corrected chi connectivity index (χ4v) is 5.16. The van der Waals surface area contributed by atoms with Gasteiger partial charge in [-0.2, -0.15) is 5.10 Å². The summed E-state index contributed by atoms with van der Waals surface area (Å²) in [6.07, 6.45) is 3.78. The Balaban J connectivity index is 1.29. The highest BCUT2D eigenvalue weighted by Crippen LogP contribution is 2.41. The second kappa shape index (κ2) is 10.5. The van der Waals surface area contributed by atoms with Crippen LogP contribution in [0.2, 0.25) is 0 Å². The summed E-state index contributed by atoms with van der Waals surface area (Å²) in [5.41, 5.74) is 6.72. The van der Waals surface area contributed by atoms with Crippen LogP contribution in [0.15, 0.2) is 72.8 Å². The summed E-state index contributed by atoms with van der Waals surface area (Å²) in [6.45, 7) is 5.25. The highest BCUT2D eigenvalue weighted by Gasteiger charge is 2.28. The molecule has 2 aliphatic rings. The molecule has 3 aromatic carbocycles. The van der Waals surface area contributed by atoms with Gasteiger partial charge in [-0.05, 0) is 79.6 Å². The van der Waals surface area contributed by atoms with Crippen molar-refractivity contribution in [2.24, 2.45) is 5.92 Å². The lowest BCUT2D eigenvalue weighted by Gasteiger charge is -2.22. The molecule has 1 N–H and O–H groups in total. The van der Waals surface area contributed by atoms with E-state index in [1.807, 2.05) is 49.4 Å². The summed E-state index contributed by atoms with van der Waals surface area (Å²) >= 11 is 0. The third kappa shape index (κ3) is 5.09. The Morgan fingerprint density at radius 1 is 1.03 bits per heavy atom. The highest BCUT2D eigenvalue weighted by molar-refractivity contribution is 5.96. The number of carbonyl (C=O) groups excluding carboxylic acids is 1. The number of aryl methyl sites for hydroxylation is 2. The predicted octanol–water partition coefficient (Wildman–Crippen LogP) is 5.99. The fourth-order valence-electron chi connectivity index (χ4n) is 5.16. The Labute approximate surface area is 223 Å². The largest absolute Gasteiger partial charge is 0.454 e. The number of nitrogens with one attached hydrogen (secondary N) is 1. The Kier molecular flexibility index (Phi) is 6.73. The molecule has 2 heterocycles. The highest BCUT2D eigenvalue weighted by atomic mass is 16.7. The van der Waals surface area contributed by atoms with Crippen molar-refractivity contribution in [3.05, 3.63) is 106 Å². The number of nitrogens with zero attached hydrogens (tertiary/aromatic N) is 2. The lowest BCUT2D eigenvalue weighted by molar-refractivity contribution is 0.0985. The van der Waals surface area contributed by atoms with Crippen molar-refractivity contribution < 1.29 is 14.3 Å². The van der Waals surface area contributed by atoms with Gasteiger partial charge in [0.05, 0.1) is 17.4 Å². The van der Waals surface area contributed by atoms with Crippen molar-refractivity contribution >= 4 is 5.78 Å². The summed E-state index contributed by atoms with van der Waals surface area (Å²) in [7, 11) is 0. The van der Waals surface area contributed by atoms with Crippen LogP contribution in [0.1, 0.15) is 64.2 Å². The molecule has 1 aliphatic heterocycles. The Morgan fingerprint density at radius 3 is 2.68 bits per heavy atom. The molecule has 6 rings (SSSR count). The minimum Gasteiger partial charge on any atom is -0.454 e. The molecule has 0 spiro atoms. The van der Waals surface area contributed by atoms with Crippen molar-refractivity contribution in [1.82, 2.24) is 15.1 Å². The average Bonchev–Trinajstić information content (AvgIpc) is 3.48. The van der Waals surface area contributed by atoms with Crippen molar-refractivity contribution in [2.45, 2.75) is 45.6 Å². The van der Waals surface area contributed by atoms with Crippen molar-refractivity contribution in [1.29, 1.82) is 0 Å². The molecule has 1 aliphatic carbocycles. The number of benzene rings is 3. The standard InChI is InChI=1S/C32H33N3O3/c1-3-22-7-5-10-26(17-22)35-28(15-21(2)34-35)29(36)18-24-8-4-9-25(16-24)31(33-19-23-13-14-23)27-11-6-12-30-32(27)38-20-37-30/h4-12,15-17,23,31,33H,3,13-14,18-20H2,1-2H3. The van der Waals surface area contributed by atoms with E-state index in [-0.39, 0.29) is 18.6 Å². The van der Waals surface area contributed by atoms with Gasteiger partial charge in [0.2, 0.25) is 6.79 Å². The van der Waals surface area contributed by atoms with Crippen LogP contribution in [0.5, 0.6) is 11.5 Å². The van der Waals surface area contributed by atoms with Crippen LogP contribution < -0.4 is 14.8 Å². The first-order valence-electron chi connectivity index (χ1n) is 13.5. The number of para-hydroxylation sites is 1. The fraction of sp³-hybridized carbons (Fsp3) is 0.312. The molecular formula is C32H33N3O3. The van der Waals surface area contributed by atoms with Gasteiger partial charge in [-0.1, -0.05) is 55.5 Å². The van der Waals surface area contributed by atoms with Gasteiger partial charge in [-0.15, -0.1) is 0 Å². The summed E-state index contributed by atoms with van der Waals surface area (Å²) in [5.74, 6) is 2.36. The SMILES string of the molecule is CCc1cccc(-n2nc(C)cc2C(=O)Cc2cccc(C(NCC3CC3)c3cccc4c3OCO4)c2)c1. The van der Waals surface area contributed by atoms with Gasteiger partial charge in [0.15, 0.2) is 17.3 Å². The number of rotatable bonds is 10. The molecule has 6 nitrogen and oxygen atoms in total. The Hall–Kier alpha value is -3.90. The van der Waals surface area contributed by atoms with Gasteiger partial charge in [0.1, 0.15) is 5.69 Å². The van der Waals surface area contributed by atoms with Gasteiger partial charge in [-0.25, -0.2) is 4.68 Å². The third-order valence-electron chi connectivity index (χ3n) is 7.38. The number of ether oxygens (including phenoxy) is 2. The van der Waals surface area contributed by atoms with Gasteiger partial charge < -0.3 is 14.8 Å². The van der Waals surface area contributed by atoms with Crippen molar-refractivity contribution in [3.63, 3.8) is 0 Å². The monoisotopic (exact) mass is 507 g/mol. The molecular weight excluding hydrogens is 474 g/mol. The van der Waals surface area contributed by atoms with E-state index in [4.69, 9.17) is 9.47 Å². The van der Waals surface area contributed by atoms with Crippen LogP contribution in [0.3, 0.4) is 0 Å². The van der Waals surface area contributed by atoms with E-state index >= 15 is 0 Å². The van der Waals surface area contributed by atoms with E-state index in [1.54, 1.807) is 4.68 Å². The van der Waals surface area contributed by atoms with Crippen LogP contribution in [0, 0.1) is 12.8 Å². The number of carbonyl (C=O) groups is 1. The number of Topliss-reactive ketones (excluding diaryl/α,β-unsaturated/α-hetero) is 1. The second-order valence-electron chi connectivity index (χ2n) is 10.3. The number of ketones is 1. The smallest absolute Gasteiger partial charge is 0.231 e. The van der Waals surface area contributed by atoms with E-state index in [9.17, 15) is 4.79 Å². The molecule has 6 heteroatoms. The number of hydrogen-bond donors (Lipinski definition) is 1. The zero-order valence-electron chi connectivity index (χ0n) is 21.9. The normalized spacial score (nSPS) is 15.0. The molecule has 0 saturated heterocycles. The lowest BCUT2D eigenvalue weighted by Crippen LogP contribution is -2.25.